The lowest BCUT2D eigenvalue weighted by Gasteiger charge is -2.17. The number of aryl methyl sites for hydroxylation is 2. The zero-order chi connectivity index (χ0) is 13.7. The highest BCUT2D eigenvalue weighted by atomic mass is 16.3. The first-order valence-electron chi connectivity index (χ1n) is 6.36. The molecule has 3 heteroatoms. The van der Waals surface area contributed by atoms with Crippen LogP contribution in [0, 0.1) is 13.8 Å². The van der Waals surface area contributed by atoms with E-state index in [9.17, 15) is 9.90 Å². The first kappa shape index (κ1) is 14.9. The SMILES string of the molecule is Cc1cc(C)cc(C(=O)CCN(C)CC(C)O)c1. The van der Waals surface area contributed by atoms with Crippen molar-refractivity contribution in [1.82, 2.24) is 4.90 Å². The molecule has 1 rings (SSSR count). The third-order valence-corrected chi connectivity index (χ3v) is 2.84. The fourth-order valence-electron chi connectivity index (χ4n) is 2.11. The van der Waals surface area contributed by atoms with Crippen molar-refractivity contribution in [2.45, 2.75) is 33.3 Å². The minimum Gasteiger partial charge on any atom is -0.392 e. The van der Waals surface area contributed by atoms with Gasteiger partial charge in [0.1, 0.15) is 0 Å². The third kappa shape index (κ3) is 4.98. The van der Waals surface area contributed by atoms with Gasteiger partial charge in [0.05, 0.1) is 6.10 Å². The maximum atomic E-state index is 12.1. The van der Waals surface area contributed by atoms with Crippen LogP contribution in [-0.4, -0.2) is 42.0 Å². The molecule has 0 aromatic heterocycles. The molecule has 0 aliphatic rings. The summed E-state index contributed by atoms with van der Waals surface area (Å²) in [4.78, 5) is 14.0. The highest BCUT2D eigenvalue weighted by Crippen LogP contribution is 2.11. The molecule has 0 saturated carbocycles. The maximum absolute atomic E-state index is 12.1. The number of likely N-dealkylation sites (N-methyl/N-ethyl adjacent to an activating group) is 1. The Balaban J connectivity index is 2.55. The van der Waals surface area contributed by atoms with Gasteiger partial charge in [0.25, 0.3) is 0 Å². The number of aliphatic hydroxyl groups is 1. The van der Waals surface area contributed by atoms with E-state index in [1.165, 1.54) is 0 Å². The van der Waals surface area contributed by atoms with E-state index in [1.54, 1.807) is 6.92 Å². The molecule has 0 fully saturated rings. The Kier molecular flexibility index (Phi) is 5.51. The van der Waals surface area contributed by atoms with Crippen LogP contribution < -0.4 is 0 Å². The molecule has 0 heterocycles. The third-order valence-electron chi connectivity index (χ3n) is 2.84. The normalized spacial score (nSPS) is 12.8. The smallest absolute Gasteiger partial charge is 0.164 e. The standard InChI is InChI=1S/C15H23NO2/c1-11-7-12(2)9-14(8-11)15(18)5-6-16(4)10-13(3)17/h7-9,13,17H,5-6,10H2,1-4H3. The zero-order valence-corrected chi connectivity index (χ0v) is 11.7. The predicted octanol–water partition coefficient (Wildman–Crippen LogP) is 2.19. The molecule has 18 heavy (non-hydrogen) atoms. The maximum Gasteiger partial charge on any atom is 0.164 e. The summed E-state index contributed by atoms with van der Waals surface area (Å²) in [6, 6.07) is 5.93. The number of ketones is 1. The molecule has 1 aromatic carbocycles. The second kappa shape index (κ2) is 6.66. The Labute approximate surface area is 109 Å². The lowest BCUT2D eigenvalue weighted by Crippen LogP contribution is -2.29. The van der Waals surface area contributed by atoms with Crippen molar-refractivity contribution >= 4 is 5.78 Å². The van der Waals surface area contributed by atoms with Crippen molar-refractivity contribution in [2.75, 3.05) is 20.1 Å². The molecule has 0 radical (unpaired) electrons. The summed E-state index contributed by atoms with van der Waals surface area (Å²) >= 11 is 0. The van der Waals surface area contributed by atoms with Crippen LogP contribution in [0.4, 0.5) is 0 Å². The second-order valence-corrected chi connectivity index (χ2v) is 5.16. The summed E-state index contributed by atoms with van der Waals surface area (Å²) in [5, 5.41) is 9.25. The van der Waals surface area contributed by atoms with E-state index in [-0.39, 0.29) is 11.9 Å². The van der Waals surface area contributed by atoms with E-state index in [1.807, 2.05) is 37.9 Å². The van der Waals surface area contributed by atoms with E-state index >= 15 is 0 Å². The van der Waals surface area contributed by atoms with Crippen LogP contribution in [0.15, 0.2) is 18.2 Å². The monoisotopic (exact) mass is 249 g/mol. The van der Waals surface area contributed by atoms with Gasteiger partial charge in [0.15, 0.2) is 5.78 Å². The lowest BCUT2D eigenvalue weighted by molar-refractivity contribution is 0.0948. The molecular weight excluding hydrogens is 226 g/mol. The molecule has 0 aliphatic carbocycles. The number of nitrogens with zero attached hydrogens (tertiary/aromatic N) is 1. The van der Waals surface area contributed by atoms with Gasteiger partial charge in [0.2, 0.25) is 0 Å². The number of carbonyl (C=O) groups excluding carboxylic acids is 1. The van der Waals surface area contributed by atoms with Crippen molar-refractivity contribution < 1.29 is 9.90 Å². The topological polar surface area (TPSA) is 40.5 Å². The van der Waals surface area contributed by atoms with E-state index in [0.717, 1.165) is 16.7 Å². The molecule has 1 N–H and O–H groups in total. The largest absolute Gasteiger partial charge is 0.392 e. The summed E-state index contributed by atoms with van der Waals surface area (Å²) in [6.07, 6.45) is 0.137. The van der Waals surface area contributed by atoms with Gasteiger partial charge in [-0.15, -0.1) is 0 Å². The number of aliphatic hydroxyl groups excluding tert-OH is 1. The van der Waals surface area contributed by atoms with E-state index < -0.39 is 0 Å². The van der Waals surface area contributed by atoms with Crippen LogP contribution in [-0.2, 0) is 0 Å². The lowest BCUT2D eigenvalue weighted by atomic mass is 10.0. The molecule has 0 spiro atoms. The van der Waals surface area contributed by atoms with Crippen LogP contribution in [0.3, 0.4) is 0 Å². The number of carbonyl (C=O) groups is 1. The fourth-order valence-corrected chi connectivity index (χ4v) is 2.11. The molecule has 100 valence electrons. The van der Waals surface area contributed by atoms with Crippen molar-refractivity contribution in [3.8, 4) is 0 Å². The van der Waals surface area contributed by atoms with Crippen molar-refractivity contribution in [2.24, 2.45) is 0 Å². The average molecular weight is 249 g/mol. The van der Waals surface area contributed by atoms with Gasteiger partial charge in [-0.2, -0.15) is 0 Å². The summed E-state index contributed by atoms with van der Waals surface area (Å²) in [6.45, 7) is 7.03. The Morgan fingerprint density at radius 3 is 2.33 bits per heavy atom. The summed E-state index contributed by atoms with van der Waals surface area (Å²) in [5.41, 5.74) is 3.03. The summed E-state index contributed by atoms with van der Waals surface area (Å²) < 4.78 is 0. The molecular formula is C15H23NO2. The summed E-state index contributed by atoms with van der Waals surface area (Å²) in [7, 11) is 1.92. The van der Waals surface area contributed by atoms with Crippen LogP contribution in [0.1, 0.15) is 34.8 Å². The number of hydrogen-bond donors (Lipinski definition) is 1. The molecule has 1 atom stereocenters. The average Bonchev–Trinajstić information content (AvgIpc) is 2.23. The Morgan fingerprint density at radius 2 is 1.83 bits per heavy atom. The fraction of sp³-hybridized carbons (Fsp3) is 0.533. The van der Waals surface area contributed by atoms with Crippen LogP contribution in [0.5, 0.6) is 0 Å². The molecule has 0 saturated heterocycles. The number of hydrogen-bond acceptors (Lipinski definition) is 3. The Bertz CT molecular complexity index is 393. The Hall–Kier alpha value is -1.19. The van der Waals surface area contributed by atoms with Crippen molar-refractivity contribution in [3.63, 3.8) is 0 Å². The first-order chi connectivity index (χ1) is 8.38. The number of Topliss-reactive ketones (excluding diaryl/α,β-unsaturated/α-hetero) is 1. The van der Waals surface area contributed by atoms with Gasteiger partial charge in [-0.25, -0.2) is 0 Å². The molecule has 0 amide bonds. The first-order valence-corrected chi connectivity index (χ1v) is 6.36. The molecule has 1 unspecified atom stereocenters. The number of benzene rings is 1. The quantitative estimate of drug-likeness (QED) is 0.786. The van der Waals surface area contributed by atoms with Crippen LogP contribution >= 0.6 is 0 Å². The molecule has 3 nitrogen and oxygen atoms in total. The Morgan fingerprint density at radius 1 is 1.28 bits per heavy atom. The van der Waals surface area contributed by atoms with Gasteiger partial charge >= 0.3 is 0 Å². The van der Waals surface area contributed by atoms with Gasteiger partial charge in [-0.05, 0) is 40.0 Å². The molecule has 0 bridgehead atoms. The van der Waals surface area contributed by atoms with Gasteiger partial charge in [-0.1, -0.05) is 17.2 Å². The van der Waals surface area contributed by atoms with Gasteiger partial charge < -0.3 is 10.0 Å². The van der Waals surface area contributed by atoms with E-state index in [4.69, 9.17) is 0 Å². The van der Waals surface area contributed by atoms with Crippen molar-refractivity contribution in [3.05, 3.63) is 34.9 Å². The molecule has 0 aliphatic heterocycles. The second-order valence-electron chi connectivity index (χ2n) is 5.16. The predicted molar refractivity (Wildman–Crippen MR) is 74.0 cm³/mol. The minimum absolute atomic E-state index is 0.166. The molecule has 1 aromatic rings. The van der Waals surface area contributed by atoms with Crippen molar-refractivity contribution in [1.29, 1.82) is 0 Å². The highest BCUT2D eigenvalue weighted by Gasteiger charge is 2.09. The van der Waals surface area contributed by atoms with E-state index in [0.29, 0.717) is 19.5 Å². The van der Waals surface area contributed by atoms with Crippen LogP contribution in [0.2, 0.25) is 0 Å². The van der Waals surface area contributed by atoms with E-state index in [2.05, 4.69) is 6.07 Å². The zero-order valence-electron chi connectivity index (χ0n) is 11.7. The summed E-state index contributed by atoms with van der Waals surface area (Å²) in [5.74, 6) is 0.166. The van der Waals surface area contributed by atoms with Crippen LogP contribution in [0.25, 0.3) is 0 Å². The van der Waals surface area contributed by atoms with Gasteiger partial charge in [-0.3, -0.25) is 4.79 Å². The van der Waals surface area contributed by atoms with Gasteiger partial charge in [0, 0.05) is 25.1 Å². The number of rotatable bonds is 6. The highest BCUT2D eigenvalue weighted by molar-refractivity contribution is 5.96. The minimum atomic E-state index is -0.355.